The van der Waals surface area contributed by atoms with Gasteiger partial charge in [-0.2, -0.15) is 13.2 Å². The van der Waals surface area contributed by atoms with Crippen molar-refractivity contribution in [1.29, 1.82) is 0 Å². The van der Waals surface area contributed by atoms with Gasteiger partial charge in [0.2, 0.25) is 0 Å². The normalized spacial score (nSPS) is 12.3. The van der Waals surface area contributed by atoms with E-state index in [0.717, 1.165) is 19.2 Å². The van der Waals surface area contributed by atoms with Crippen molar-refractivity contribution in [2.45, 2.75) is 11.1 Å². The van der Waals surface area contributed by atoms with Crippen LogP contribution in [0.1, 0.15) is 10.4 Å². The SMILES string of the molecule is CN(CC(F)(F)F)C(=O)c1cc(Br)cc(S(=O)(=O)Cl)c1. The molecule has 0 aliphatic carbocycles. The van der Waals surface area contributed by atoms with Gasteiger partial charge in [-0.15, -0.1) is 0 Å². The summed E-state index contributed by atoms with van der Waals surface area (Å²) in [5.41, 5.74) is -0.217. The molecule has 0 fully saturated rings. The lowest BCUT2D eigenvalue weighted by Gasteiger charge is -2.19. The van der Waals surface area contributed by atoms with Gasteiger partial charge in [-0.1, -0.05) is 15.9 Å². The molecule has 0 saturated carbocycles. The molecule has 1 aromatic rings. The van der Waals surface area contributed by atoms with Crippen molar-refractivity contribution in [2.75, 3.05) is 13.6 Å². The number of hydrogen-bond acceptors (Lipinski definition) is 3. The highest BCUT2D eigenvalue weighted by Gasteiger charge is 2.31. The maximum absolute atomic E-state index is 12.2. The summed E-state index contributed by atoms with van der Waals surface area (Å²) in [7, 11) is 2.01. The molecule has 0 aromatic heterocycles. The zero-order valence-electron chi connectivity index (χ0n) is 9.91. The van der Waals surface area contributed by atoms with E-state index in [4.69, 9.17) is 10.7 Å². The zero-order valence-corrected chi connectivity index (χ0v) is 13.1. The van der Waals surface area contributed by atoms with Gasteiger partial charge in [0, 0.05) is 27.8 Å². The van der Waals surface area contributed by atoms with E-state index in [1.807, 2.05) is 0 Å². The highest BCUT2D eigenvalue weighted by molar-refractivity contribution is 9.10. The van der Waals surface area contributed by atoms with Crippen molar-refractivity contribution in [3.63, 3.8) is 0 Å². The Labute approximate surface area is 126 Å². The van der Waals surface area contributed by atoms with Crippen LogP contribution in [0.2, 0.25) is 0 Å². The van der Waals surface area contributed by atoms with Crippen LogP contribution in [-0.4, -0.2) is 39.0 Å². The molecule has 0 spiro atoms. The summed E-state index contributed by atoms with van der Waals surface area (Å²) in [6, 6.07) is 3.27. The van der Waals surface area contributed by atoms with E-state index >= 15 is 0 Å². The fourth-order valence-electron chi connectivity index (χ4n) is 1.39. The predicted octanol–water partition coefficient (Wildman–Crippen LogP) is 3.01. The molecular formula is C10H8BrClF3NO3S. The van der Waals surface area contributed by atoms with Crippen molar-refractivity contribution < 1.29 is 26.4 Å². The lowest BCUT2D eigenvalue weighted by molar-refractivity contribution is -0.138. The Kier molecular flexibility index (Phi) is 5.09. The first-order valence-corrected chi connectivity index (χ1v) is 8.08. The number of amides is 1. The second kappa shape index (κ2) is 5.90. The van der Waals surface area contributed by atoms with Crippen molar-refractivity contribution in [2.24, 2.45) is 0 Å². The Balaban J connectivity index is 3.14. The van der Waals surface area contributed by atoms with Crippen LogP contribution in [0.25, 0.3) is 0 Å². The van der Waals surface area contributed by atoms with E-state index < -0.39 is 27.7 Å². The molecule has 10 heteroatoms. The second-order valence-corrected chi connectivity index (χ2v) is 7.37. The van der Waals surface area contributed by atoms with E-state index in [9.17, 15) is 26.4 Å². The molecule has 1 aromatic carbocycles. The molecule has 0 aliphatic rings. The number of benzene rings is 1. The lowest BCUT2D eigenvalue weighted by Crippen LogP contribution is -2.35. The van der Waals surface area contributed by atoms with Crippen LogP contribution in [0.15, 0.2) is 27.6 Å². The summed E-state index contributed by atoms with van der Waals surface area (Å²) in [5.74, 6) is -0.967. The Morgan fingerprint density at radius 1 is 1.35 bits per heavy atom. The average molecular weight is 395 g/mol. The minimum Gasteiger partial charge on any atom is -0.333 e. The molecule has 0 radical (unpaired) electrons. The Hall–Kier alpha value is -0.800. The predicted molar refractivity (Wildman–Crippen MR) is 70.2 cm³/mol. The number of hydrogen-bond donors (Lipinski definition) is 0. The smallest absolute Gasteiger partial charge is 0.333 e. The topological polar surface area (TPSA) is 54.5 Å². The third kappa shape index (κ3) is 4.95. The Morgan fingerprint density at radius 3 is 2.35 bits per heavy atom. The highest BCUT2D eigenvalue weighted by atomic mass is 79.9. The fourth-order valence-corrected chi connectivity index (χ4v) is 2.84. The van der Waals surface area contributed by atoms with Gasteiger partial charge in [0.25, 0.3) is 15.0 Å². The van der Waals surface area contributed by atoms with Gasteiger partial charge < -0.3 is 4.90 Å². The quantitative estimate of drug-likeness (QED) is 0.741. The fraction of sp³-hybridized carbons (Fsp3) is 0.300. The van der Waals surface area contributed by atoms with Crippen LogP contribution in [-0.2, 0) is 9.05 Å². The van der Waals surface area contributed by atoms with Crippen molar-refractivity contribution in [3.05, 3.63) is 28.2 Å². The minimum absolute atomic E-state index is 0.211. The van der Waals surface area contributed by atoms with Gasteiger partial charge in [0.05, 0.1) is 4.90 Å². The van der Waals surface area contributed by atoms with Crippen molar-refractivity contribution in [1.82, 2.24) is 4.90 Å². The number of alkyl halides is 3. The number of nitrogens with zero attached hydrogens (tertiary/aromatic N) is 1. The van der Waals surface area contributed by atoms with E-state index in [2.05, 4.69) is 15.9 Å². The van der Waals surface area contributed by atoms with Gasteiger partial charge in [0.1, 0.15) is 6.54 Å². The number of carbonyl (C=O) groups is 1. The molecule has 4 nitrogen and oxygen atoms in total. The Morgan fingerprint density at radius 2 is 1.90 bits per heavy atom. The summed E-state index contributed by atoms with van der Waals surface area (Å²) >= 11 is 2.97. The van der Waals surface area contributed by atoms with Crippen LogP contribution in [0.5, 0.6) is 0 Å². The second-order valence-electron chi connectivity index (χ2n) is 3.89. The summed E-state index contributed by atoms with van der Waals surface area (Å²) in [6.07, 6.45) is -4.54. The van der Waals surface area contributed by atoms with Crippen molar-refractivity contribution >= 4 is 41.6 Å². The first-order chi connectivity index (χ1) is 8.90. The van der Waals surface area contributed by atoms with Crippen LogP contribution >= 0.6 is 26.6 Å². The first-order valence-electron chi connectivity index (χ1n) is 4.97. The maximum atomic E-state index is 12.2. The molecule has 112 valence electrons. The van der Waals surface area contributed by atoms with Crippen LogP contribution in [0.3, 0.4) is 0 Å². The molecule has 1 rings (SSSR count). The monoisotopic (exact) mass is 393 g/mol. The zero-order chi connectivity index (χ0) is 15.7. The molecule has 0 saturated heterocycles. The summed E-state index contributed by atoms with van der Waals surface area (Å²) < 4.78 is 59.2. The van der Waals surface area contributed by atoms with Gasteiger partial charge in [0.15, 0.2) is 0 Å². The van der Waals surface area contributed by atoms with E-state index in [-0.39, 0.29) is 14.9 Å². The summed E-state index contributed by atoms with van der Waals surface area (Å²) in [4.78, 5) is 11.9. The molecule has 0 atom stereocenters. The van der Waals surface area contributed by atoms with E-state index in [1.54, 1.807) is 0 Å². The lowest BCUT2D eigenvalue weighted by atomic mass is 10.2. The first kappa shape index (κ1) is 17.3. The molecule has 20 heavy (non-hydrogen) atoms. The van der Waals surface area contributed by atoms with Crippen LogP contribution < -0.4 is 0 Å². The number of rotatable bonds is 3. The van der Waals surface area contributed by atoms with E-state index in [0.29, 0.717) is 4.90 Å². The molecule has 1 amide bonds. The summed E-state index contributed by atoms with van der Waals surface area (Å²) in [6.45, 7) is -1.44. The van der Waals surface area contributed by atoms with Gasteiger partial charge in [-0.3, -0.25) is 4.79 Å². The highest BCUT2D eigenvalue weighted by Crippen LogP contribution is 2.24. The maximum Gasteiger partial charge on any atom is 0.406 e. The van der Waals surface area contributed by atoms with Gasteiger partial charge in [-0.05, 0) is 18.2 Å². The summed E-state index contributed by atoms with van der Waals surface area (Å²) in [5, 5.41) is 0. The van der Waals surface area contributed by atoms with Crippen LogP contribution in [0, 0.1) is 0 Å². The Bertz CT molecular complexity index is 633. The third-order valence-electron chi connectivity index (χ3n) is 2.16. The molecule has 0 heterocycles. The molecule has 0 N–H and O–H groups in total. The molecule has 0 unspecified atom stereocenters. The number of carbonyl (C=O) groups excluding carboxylic acids is 1. The van der Waals surface area contributed by atoms with Crippen LogP contribution in [0.4, 0.5) is 13.2 Å². The standard InChI is InChI=1S/C10H8BrClF3NO3S/c1-16(5-10(13,14)15)9(17)6-2-7(11)4-8(3-6)20(12,18)19/h2-4H,5H2,1H3. The van der Waals surface area contributed by atoms with Gasteiger partial charge >= 0.3 is 6.18 Å². The minimum atomic E-state index is -4.54. The molecular weight excluding hydrogens is 387 g/mol. The molecule has 0 bridgehead atoms. The van der Waals surface area contributed by atoms with E-state index in [1.165, 1.54) is 6.07 Å². The largest absolute Gasteiger partial charge is 0.406 e. The number of halogens is 5. The van der Waals surface area contributed by atoms with Crippen molar-refractivity contribution in [3.8, 4) is 0 Å². The molecule has 0 aliphatic heterocycles. The third-order valence-corrected chi connectivity index (χ3v) is 3.95. The van der Waals surface area contributed by atoms with Gasteiger partial charge in [-0.25, -0.2) is 8.42 Å². The average Bonchev–Trinajstić information content (AvgIpc) is 2.23.